The third kappa shape index (κ3) is 4.94. The molecule has 0 amide bonds. The number of esters is 3. The van der Waals surface area contributed by atoms with Crippen LogP contribution in [0.5, 0.6) is 0 Å². The van der Waals surface area contributed by atoms with Crippen LogP contribution in [0.3, 0.4) is 0 Å². The van der Waals surface area contributed by atoms with Gasteiger partial charge in [0, 0.05) is 38.4 Å². The molecule has 222 valence electrons. The fourth-order valence-electron chi connectivity index (χ4n) is 6.48. The average molecular weight is 602 g/mol. The van der Waals surface area contributed by atoms with Gasteiger partial charge in [0.2, 0.25) is 5.28 Å². The number of hydrogen-bond donors (Lipinski definition) is 0. The lowest BCUT2D eigenvalue weighted by atomic mass is 9.81. The fraction of sp³-hybridized carbons (Fsp3) is 0.500. The molecule has 3 aliphatic rings. The average Bonchev–Trinajstić information content (AvgIpc) is 3.69. The van der Waals surface area contributed by atoms with Crippen LogP contribution in [0.2, 0.25) is 5.28 Å². The van der Waals surface area contributed by atoms with Crippen molar-refractivity contribution in [3.63, 3.8) is 0 Å². The van der Waals surface area contributed by atoms with E-state index in [1.54, 1.807) is 0 Å². The fourth-order valence-corrected chi connectivity index (χ4v) is 6.64. The summed E-state index contributed by atoms with van der Waals surface area (Å²) in [5, 5.41) is -0.0837. The van der Waals surface area contributed by atoms with Crippen molar-refractivity contribution in [2.45, 2.75) is 76.4 Å². The Hall–Kier alpha value is -3.84. The monoisotopic (exact) mass is 601 g/mol. The number of nitrogens with zero attached hydrogens (tertiary/aromatic N) is 5. The molecule has 1 aromatic carbocycles. The minimum atomic E-state index is -1.13. The third-order valence-corrected chi connectivity index (χ3v) is 8.26. The first kappa shape index (κ1) is 28.3. The standard InChI is InChI=1S/C28H29ClFN5O7/c1-14(36)39-11-20-22(40-15(2)37)23(41-16(3)38)26(42-20)35-13-31-21-24(32-27(29)33-25(21)35)34-12-28(8-4-5-9-28)18-7-6-17(30)10-19(18)34/h6-7,10,13,20,22-23,26H,4-5,8-9,11-12H2,1-3H3/t20-,22?,23?,26-/m1/s1. The summed E-state index contributed by atoms with van der Waals surface area (Å²) in [7, 11) is 0. The molecule has 42 heavy (non-hydrogen) atoms. The van der Waals surface area contributed by atoms with E-state index in [4.69, 9.17) is 30.5 Å². The number of ether oxygens (including phenoxy) is 4. The number of benzene rings is 1. The van der Waals surface area contributed by atoms with Crippen LogP contribution in [0.25, 0.3) is 11.2 Å². The summed E-state index contributed by atoms with van der Waals surface area (Å²) in [4.78, 5) is 51.1. The lowest BCUT2D eigenvalue weighted by Gasteiger charge is -2.25. The van der Waals surface area contributed by atoms with Gasteiger partial charge in [-0.3, -0.25) is 19.0 Å². The van der Waals surface area contributed by atoms with Crippen LogP contribution in [0.15, 0.2) is 24.5 Å². The van der Waals surface area contributed by atoms with Gasteiger partial charge in [-0.1, -0.05) is 18.9 Å². The third-order valence-electron chi connectivity index (χ3n) is 8.09. The van der Waals surface area contributed by atoms with Gasteiger partial charge in [0.25, 0.3) is 0 Å². The molecule has 14 heteroatoms. The van der Waals surface area contributed by atoms with E-state index in [-0.39, 0.29) is 28.8 Å². The summed E-state index contributed by atoms with van der Waals surface area (Å²) in [5.41, 5.74) is 2.25. The molecule has 4 heterocycles. The number of rotatable bonds is 6. The second-order valence-corrected chi connectivity index (χ2v) is 11.2. The van der Waals surface area contributed by atoms with Crippen molar-refractivity contribution in [1.82, 2.24) is 19.5 Å². The van der Waals surface area contributed by atoms with Crippen molar-refractivity contribution in [3.05, 3.63) is 41.2 Å². The molecule has 4 atom stereocenters. The van der Waals surface area contributed by atoms with E-state index in [2.05, 4.69) is 15.0 Å². The number of carbonyl (C=O) groups excluding carboxylic acids is 3. The molecule has 3 aromatic rings. The summed E-state index contributed by atoms with van der Waals surface area (Å²) in [5.74, 6) is -1.82. The highest BCUT2D eigenvalue weighted by atomic mass is 35.5. The predicted octanol–water partition coefficient (Wildman–Crippen LogP) is 3.91. The molecule has 2 unspecified atom stereocenters. The maximum Gasteiger partial charge on any atom is 0.303 e. The van der Waals surface area contributed by atoms with Crippen LogP contribution < -0.4 is 4.90 Å². The minimum absolute atomic E-state index is 0.0837. The summed E-state index contributed by atoms with van der Waals surface area (Å²) in [6.07, 6.45) is 1.27. The summed E-state index contributed by atoms with van der Waals surface area (Å²) in [6.45, 7) is 3.98. The van der Waals surface area contributed by atoms with Crippen molar-refractivity contribution < 1.29 is 37.7 Å². The smallest absolute Gasteiger partial charge is 0.303 e. The van der Waals surface area contributed by atoms with Crippen LogP contribution in [0.4, 0.5) is 15.9 Å². The van der Waals surface area contributed by atoms with Gasteiger partial charge >= 0.3 is 17.9 Å². The van der Waals surface area contributed by atoms with E-state index in [1.165, 1.54) is 43.8 Å². The zero-order valence-electron chi connectivity index (χ0n) is 23.2. The Labute approximate surface area is 245 Å². The highest BCUT2D eigenvalue weighted by molar-refractivity contribution is 6.28. The molecule has 0 radical (unpaired) electrons. The highest BCUT2D eigenvalue weighted by Gasteiger charge is 2.51. The first-order chi connectivity index (χ1) is 20.1. The number of carbonyl (C=O) groups is 3. The molecule has 1 spiro atoms. The quantitative estimate of drug-likeness (QED) is 0.231. The Morgan fingerprint density at radius 3 is 2.48 bits per heavy atom. The molecule has 2 aromatic heterocycles. The van der Waals surface area contributed by atoms with Crippen molar-refractivity contribution >= 4 is 52.2 Å². The molecular weight excluding hydrogens is 573 g/mol. The number of anilines is 2. The molecule has 1 saturated carbocycles. The Kier molecular flexibility index (Phi) is 7.26. The summed E-state index contributed by atoms with van der Waals surface area (Å²) >= 11 is 6.46. The second-order valence-electron chi connectivity index (χ2n) is 10.9. The van der Waals surface area contributed by atoms with Gasteiger partial charge in [0.05, 0.1) is 6.33 Å². The van der Waals surface area contributed by atoms with Gasteiger partial charge in [0.1, 0.15) is 18.5 Å². The number of imidazole rings is 1. The van der Waals surface area contributed by atoms with Gasteiger partial charge < -0.3 is 23.8 Å². The second kappa shape index (κ2) is 10.8. The molecular formula is C28H29ClFN5O7. The van der Waals surface area contributed by atoms with Gasteiger partial charge in [-0.05, 0) is 42.1 Å². The Morgan fingerprint density at radius 2 is 1.79 bits per heavy atom. The minimum Gasteiger partial charge on any atom is -0.463 e. The molecule has 12 nitrogen and oxygen atoms in total. The molecule has 0 N–H and O–H groups in total. The van der Waals surface area contributed by atoms with Crippen LogP contribution in [0.1, 0.15) is 58.2 Å². The van der Waals surface area contributed by atoms with E-state index < -0.39 is 42.4 Å². The molecule has 2 aliphatic heterocycles. The SMILES string of the molecule is CC(=O)OC[C@H]1O[C@@H](n2cnc3c(N4CC5(CCCC5)c5ccc(F)cc54)nc(Cl)nc32)C(OC(C)=O)C1OC(C)=O. The normalized spacial score (nSPS) is 24.3. The topological polar surface area (TPSA) is 135 Å². The molecule has 2 fully saturated rings. The van der Waals surface area contributed by atoms with E-state index in [0.29, 0.717) is 23.6 Å². The number of halogens is 2. The van der Waals surface area contributed by atoms with Crippen LogP contribution in [-0.2, 0) is 38.7 Å². The molecule has 0 bridgehead atoms. The zero-order chi connectivity index (χ0) is 29.8. The number of aromatic nitrogens is 4. The Balaban J connectivity index is 1.44. The van der Waals surface area contributed by atoms with E-state index in [9.17, 15) is 18.8 Å². The van der Waals surface area contributed by atoms with Crippen LogP contribution in [-0.4, -0.2) is 68.9 Å². The first-order valence-electron chi connectivity index (χ1n) is 13.7. The maximum absolute atomic E-state index is 14.5. The summed E-state index contributed by atoms with van der Waals surface area (Å²) in [6, 6.07) is 4.84. The lowest BCUT2D eigenvalue weighted by Crippen LogP contribution is -2.40. The molecule has 1 aliphatic carbocycles. The largest absolute Gasteiger partial charge is 0.463 e. The zero-order valence-corrected chi connectivity index (χ0v) is 24.0. The predicted molar refractivity (Wildman–Crippen MR) is 146 cm³/mol. The number of fused-ring (bicyclic) bond motifs is 3. The van der Waals surface area contributed by atoms with Crippen LogP contribution in [0, 0.1) is 5.82 Å². The Bertz CT molecular complexity index is 1580. The molecule has 1 saturated heterocycles. The van der Waals surface area contributed by atoms with Crippen molar-refractivity contribution in [1.29, 1.82) is 0 Å². The van der Waals surface area contributed by atoms with E-state index in [1.807, 2.05) is 11.0 Å². The van der Waals surface area contributed by atoms with Gasteiger partial charge in [-0.25, -0.2) is 9.37 Å². The van der Waals surface area contributed by atoms with Gasteiger partial charge in [-0.2, -0.15) is 9.97 Å². The molecule has 6 rings (SSSR count). The van der Waals surface area contributed by atoms with Gasteiger partial charge in [-0.15, -0.1) is 0 Å². The van der Waals surface area contributed by atoms with Gasteiger partial charge in [0.15, 0.2) is 35.4 Å². The first-order valence-corrected chi connectivity index (χ1v) is 14.0. The highest BCUT2D eigenvalue weighted by Crippen LogP contribution is 2.53. The van der Waals surface area contributed by atoms with Crippen molar-refractivity contribution in [2.24, 2.45) is 0 Å². The Morgan fingerprint density at radius 1 is 1.07 bits per heavy atom. The van der Waals surface area contributed by atoms with Crippen LogP contribution >= 0.6 is 11.6 Å². The summed E-state index contributed by atoms with van der Waals surface area (Å²) < 4.78 is 38.4. The van der Waals surface area contributed by atoms with E-state index >= 15 is 0 Å². The van der Waals surface area contributed by atoms with Crippen molar-refractivity contribution in [2.75, 3.05) is 18.1 Å². The number of hydrogen-bond acceptors (Lipinski definition) is 11. The maximum atomic E-state index is 14.5. The van der Waals surface area contributed by atoms with Crippen molar-refractivity contribution in [3.8, 4) is 0 Å². The lowest BCUT2D eigenvalue weighted by molar-refractivity contribution is -0.166. The van der Waals surface area contributed by atoms with E-state index in [0.717, 1.165) is 31.2 Å².